The van der Waals surface area contributed by atoms with Gasteiger partial charge in [-0.25, -0.2) is 0 Å². The molecule has 0 bridgehead atoms. The average molecular weight is 197 g/mol. The van der Waals surface area contributed by atoms with Crippen LogP contribution in [-0.2, 0) is 0 Å². The molecule has 3 heteroatoms. The Kier molecular flexibility index (Phi) is 4.39. The lowest BCUT2D eigenvalue weighted by atomic mass is 10.0. The Morgan fingerprint density at radius 3 is 2.50 bits per heavy atom. The molecule has 1 saturated heterocycles. The quantitative estimate of drug-likeness (QED) is 0.552. The molecule has 1 rings (SSSR count). The predicted octanol–water partition coefficient (Wildman–Crippen LogP) is 1.79. The number of hydrogen-bond acceptors (Lipinski definition) is 2. The van der Waals surface area contributed by atoms with E-state index in [2.05, 4.69) is 30.8 Å². The highest BCUT2D eigenvalue weighted by atomic mass is 15.2. The van der Waals surface area contributed by atoms with Crippen LogP contribution in [0.25, 0.3) is 0 Å². The Labute approximate surface area is 87.6 Å². The molecule has 0 atom stereocenters. The van der Waals surface area contributed by atoms with Crippen LogP contribution in [0, 0.1) is 5.41 Å². The molecule has 14 heavy (non-hydrogen) atoms. The van der Waals surface area contributed by atoms with Crippen LogP contribution in [0.2, 0.25) is 0 Å². The van der Waals surface area contributed by atoms with Gasteiger partial charge in [0.05, 0.1) is 5.84 Å². The van der Waals surface area contributed by atoms with Gasteiger partial charge in [-0.05, 0) is 39.4 Å². The van der Waals surface area contributed by atoms with Crippen molar-refractivity contribution in [2.24, 2.45) is 0 Å². The fourth-order valence-electron chi connectivity index (χ4n) is 2.02. The predicted molar refractivity (Wildman–Crippen MR) is 60.9 cm³/mol. The van der Waals surface area contributed by atoms with Crippen molar-refractivity contribution in [1.29, 1.82) is 5.41 Å². The van der Waals surface area contributed by atoms with Gasteiger partial charge in [-0.3, -0.25) is 5.41 Å². The first-order valence-corrected chi connectivity index (χ1v) is 5.64. The Balaban J connectivity index is 2.37. The molecule has 0 aromatic carbocycles. The maximum absolute atomic E-state index is 7.89. The van der Waals surface area contributed by atoms with Crippen LogP contribution in [0.1, 0.15) is 32.6 Å². The maximum atomic E-state index is 7.89. The lowest BCUT2D eigenvalue weighted by molar-refractivity contribution is 0.190. The standard InChI is InChI=1S/C11H23N3/c1-4-5-11(12)14(3)10-6-8-13(2)9-7-10/h10,12H,4-9H2,1-3H3. The smallest absolute Gasteiger partial charge is 0.0957 e. The summed E-state index contributed by atoms with van der Waals surface area (Å²) in [6, 6.07) is 0.602. The summed E-state index contributed by atoms with van der Waals surface area (Å²) in [4.78, 5) is 4.55. The van der Waals surface area contributed by atoms with Crippen LogP contribution in [0.4, 0.5) is 0 Å². The van der Waals surface area contributed by atoms with Crippen LogP contribution in [0.5, 0.6) is 0 Å². The summed E-state index contributed by atoms with van der Waals surface area (Å²) in [5, 5.41) is 7.89. The first kappa shape index (κ1) is 11.5. The summed E-state index contributed by atoms with van der Waals surface area (Å²) >= 11 is 0. The molecular formula is C11H23N3. The van der Waals surface area contributed by atoms with E-state index in [0.717, 1.165) is 18.7 Å². The molecule has 1 aliphatic heterocycles. The second-order valence-corrected chi connectivity index (χ2v) is 4.34. The highest BCUT2D eigenvalue weighted by Crippen LogP contribution is 2.15. The molecule has 0 aliphatic carbocycles. The zero-order valence-electron chi connectivity index (χ0n) is 9.71. The second kappa shape index (κ2) is 5.35. The lowest BCUT2D eigenvalue weighted by Crippen LogP contribution is -2.44. The summed E-state index contributed by atoms with van der Waals surface area (Å²) in [6.07, 6.45) is 4.41. The number of hydrogen-bond donors (Lipinski definition) is 1. The van der Waals surface area contributed by atoms with Gasteiger partial charge in [0, 0.05) is 19.5 Å². The van der Waals surface area contributed by atoms with Crippen LogP contribution in [0.3, 0.4) is 0 Å². The fourth-order valence-corrected chi connectivity index (χ4v) is 2.02. The number of piperidine rings is 1. The third kappa shape index (κ3) is 2.98. The van der Waals surface area contributed by atoms with E-state index >= 15 is 0 Å². The van der Waals surface area contributed by atoms with Crippen molar-refractivity contribution in [2.45, 2.75) is 38.6 Å². The van der Waals surface area contributed by atoms with Crippen molar-refractivity contribution in [3.8, 4) is 0 Å². The number of rotatable bonds is 3. The van der Waals surface area contributed by atoms with Gasteiger partial charge in [0.2, 0.25) is 0 Å². The van der Waals surface area contributed by atoms with Crippen LogP contribution < -0.4 is 0 Å². The fraction of sp³-hybridized carbons (Fsp3) is 0.909. The summed E-state index contributed by atoms with van der Waals surface area (Å²) in [7, 11) is 4.25. The average Bonchev–Trinajstić information content (AvgIpc) is 2.18. The Bertz CT molecular complexity index is 183. The zero-order chi connectivity index (χ0) is 10.6. The van der Waals surface area contributed by atoms with Crippen molar-refractivity contribution in [3.05, 3.63) is 0 Å². The van der Waals surface area contributed by atoms with Crippen molar-refractivity contribution in [1.82, 2.24) is 9.80 Å². The van der Waals surface area contributed by atoms with Crippen molar-refractivity contribution in [3.63, 3.8) is 0 Å². The molecule has 0 spiro atoms. The number of amidine groups is 1. The van der Waals surface area contributed by atoms with Gasteiger partial charge in [-0.15, -0.1) is 0 Å². The minimum absolute atomic E-state index is 0.602. The minimum Gasteiger partial charge on any atom is -0.361 e. The third-order valence-electron chi connectivity index (χ3n) is 3.15. The number of likely N-dealkylation sites (tertiary alicyclic amines) is 1. The SMILES string of the molecule is CCCC(=N)N(C)C1CCN(C)CC1. The second-order valence-electron chi connectivity index (χ2n) is 4.34. The van der Waals surface area contributed by atoms with Crippen molar-refractivity contribution < 1.29 is 0 Å². The first-order valence-electron chi connectivity index (χ1n) is 5.64. The summed E-state index contributed by atoms with van der Waals surface area (Å²) in [6.45, 7) is 4.49. The third-order valence-corrected chi connectivity index (χ3v) is 3.15. The summed E-state index contributed by atoms with van der Waals surface area (Å²) in [5.74, 6) is 0.807. The normalized spacial score (nSPS) is 19.6. The van der Waals surface area contributed by atoms with Gasteiger partial charge in [0.15, 0.2) is 0 Å². The lowest BCUT2D eigenvalue weighted by Gasteiger charge is -2.36. The molecule has 1 N–H and O–H groups in total. The molecule has 1 heterocycles. The Morgan fingerprint density at radius 1 is 1.43 bits per heavy atom. The monoisotopic (exact) mass is 197 g/mol. The Hall–Kier alpha value is -0.570. The van der Waals surface area contributed by atoms with E-state index in [-0.39, 0.29) is 0 Å². The van der Waals surface area contributed by atoms with Gasteiger partial charge in [0.25, 0.3) is 0 Å². The van der Waals surface area contributed by atoms with E-state index in [1.165, 1.54) is 25.9 Å². The van der Waals surface area contributed by atoms with E-state index in [4.69, 9.17) is 5.41 Å². The van der Waals surface area contributed by atoms with E-state index < -0.39 is 0 Å². The van der Waals surface area contributed by atoms with Gasteiger partial charge in [-0.2, -0.15) is 0 Å². The van der Waals surface area contributed by atoms with Gasteiger partial charge in [0.1, 0.15) is 0 Å². The van der Waals surface area contributed by atoms with Gasteiger partial charge in [-0.1, -0.05) is 6.92 Å². The van der Waals surface area contributed by atoms with Gasteiger partial charge < -0.3 is 9.80 Å². The molecule has 0 radical (unpaired) electrons. The molecule has 1 fully saturated rings. The van der Waals surface area contributed by atoms with E-state index in [1.807, 2.05) is 0 Å². The molecule has 1 aliphatic rings. The largest absolute Gasteiger partial charge is 0.361 e. The number of nitrogens with one attached hydrogen (secondary N) is 1. The minimum atomic E-state index is 0.602. The topological polar surface area (TPSA) is 30.3 Å². The van der Waals surface area contributed by atoms with Crippen LogP contribution in [0.15, 0.2) is 0 Å². The molecule has 0 aromatic rings. The molecule has 0 aromatic heterocycles. The highest BCUT2D eigenvalue weighted by molar-refractivity contribution is 5.79. The molecule has 82 valence electrons. The van der Waals surface area contributed by atoms with Crippen molar-refractivity contribution in [2.75, 3.05) is 27.2 Å². The molecule has 0 amide bonds. The first-order chi connectivity index (χ1) is 6.65. The highest BCUT2D eigenvalue weighted by Gasteiger charge is 2.21. The van der Waals surface area contributed by atoms with Crippen LogP contribution >= 0.6 is 0 Å². The summed E-state index contributed by atoms with van der Waals surface area (Å²) < 4.78 is 0. The summed E-state index contributed by atoms with van der Waals surface area (Å²) in [5.41, 5.74) is 0. The molecule has 0 saturated carbocycles. The van der Waals surface area contributed by atoms with Crippen molar-refractivity contribution >= 4 is 5.84 Å². The molecule has 3 nitrogen and oxygen atoms in total. The molecular weight excluding hydrogens is 174 g/mol. The number of nitrogens with zero attached hydrogens (tertiary/aromatic N) is 2. The van der Waals surface area contributed by atoms with E-state index in [9.17, 15) is 0 Å². The van der Waals surface area contributed by atoms with Crippen LogP contribution in [-0.4, -0.2) is 48.9 Å². The molecule has 0 unspecified atom stereocenters. The Morgan fingerprint density at radius 2 is 2.00 bits per heavy atom. The zero-order valence-corrected chi connectivity index (χ0v) is 9.71. The van der Waals surface area contributed by atoms with E-state index in [1.54, 1.807) is 0 Å². The van der Waals surface area contributed by atoms with E-state index in [0.29, 0.717) is 6.04 Å². The maximum Gasteiger partial charge on any atom is 0.0957 e. The van der Waals surface area contributed by atoms with Gasteiger partial charge >= 0.3 is 0 Å².